The van der Waals surface area contributed by atoms with Crippen LogP contribution in [-0.2, 0) is 22.6 Å². The van der Waals surface area contributed by atoms with Crippen LogP contribution in [-0.4, -0.2) is 59.4 Å². The van der Waals surface area contributed by atoms with Gasteiger partial charge in [0, 0.05) is 37.9 Å². The molecule has 0 radical (unpaired) electrons. The van der Waals surface area contributed by atoms with Crippen LogP contribution in [0.1, 0.15) is 25.0 Å². The van der Waals surface area contributed by atoms with Crippen molar-refractivity contribution in [1.82, 2.24) is 15.1 Å². The second kappa shape index (κ2) is 7.74. The maximum atomic E-state index is 13.9. The molecule has 2 atom stereocenters. The number of barbiturate groups is 1. The van der Waals surface area contributed by atoms with Gasteiger partial charge in [-0.05, 0) is 37.5 Å². The predicted octanol–water partition coefficient (Wildman–Crippen LogP) is 2.41. The number of imide groups is 2. The highest BCUT2D eigenvalue weighted by molar-refractivity contribution is 6.20. The van der Waals surface area contributed by atoms with Crippen LogP contribution in [0.25, 0.3) is 0 Å². The Morgan fingerprint density at radius 3 is 2.47 bits per heavy atom. The highest BCUT2D eigenvalue weighted by Gasteiger charge is 2.63. The van der Waals surface area contributed by atoms with Crippen LogP contribution in [0, 0.1) is 5.41 Å². The van der Waals surface area contributed by atoms with Gasteiger partial charge in [0.05, 0.1) is 6.04 Å². The first-order valence-electron chi connectivity index (χ1n) is 11.2. The molecule has 166 valence electrons. The molecule has 2 aromatic rings. The van der Waals surface area contributed by atoms with E-state index in [4.69, 9.17) is 0 Å². The summed E-state index contributed by atoms with van der Waals surface area (Å²) < 4.78 is 0. The van der Waals surface area contributed by atoms with Gasteiger partial charge in [0.25, 0.3) is 0 Å². The zero-order chi connectivity index (χ0) is 22.5. The number of nitrogens with zero attached hydrogens (tertiary/aromatic N) is 3. The fraction of sp³-hybridized carbons (Fsp3) is 0.400. The lowest BCUT2D eigenvalue weighted by Gasteiger charge is -2.55. The summed E-state index contributed by atoms with van der Waals surface area (Å²) in [4.78, 5) is 45.6. The van der Waals surface area contributed by atoms with Crippen molar-refractivity contribution in [1.29, 1.82) is 0 Å². The Labute approximate surface area is 188 Å². The van der Waals surface area contributed by atoms with Crippen molar-refractivity contribution in [2.75, 3.05) is 24.5 Å². The van der Waals surface area contributed by atoms with Crippen molar-refractivity contribution >= 4 is 23.5 Å². The van der Waals surface area contributed by atoms with E-state index in [9.17, 15) is 14.4 Å². The van der Waals surface area contributed by atoms with Gasteiger partial charge in [0.15, 0.2) is 5.41 Å². The molecule has 1 spiro atoms. The molecule has 0 bridgehead atoms. The van der Waals surface area contributed by atoms with Gasteiger partial charge < -0.3 is 4.90 Å². The van der Waals surface area contributed by atoms with E-state index in [1.807, 2.05) is 36.4 Å². The summed E-state index contributed by atoms with van der Waals surface area (Å²) in [7, 11) is 0. The van der Waals surface area contributed by atoms with Gasteiger partial charge in [-0.15, -0.1) is 0 Å². The van der Waals surface area contributed by atoms with E-state index in [2.05, 4.69) is 33.3 Å². The maximum Gasteiger partial charge on any atom is 0.331 e. The van der Waals surface area contributed by atoms with Crippen LogP contribution < -0.4 is 10.2 Å². The molecule has 0 aromatic heterocycles. The molecule has 7 heteroatoms. The Balaban J connectivity index is 1.57. The predicted molar refractivity (Wildman–Crippen MR) is 121 cm³/mol. The number of benzene rings is 2. The van der Waals surface area contributed by atoms with E-state index in [1.54, 1.807) is 13.8 Å². The van der Waals surface area contributed by atoms with E-state index >= 15 is 0 Å². The van der Waals surface area contributed by atoms with Crippen molar-refractivity contribution in [3.63, 3.8) is 0 Å². The highest BCUT2D eigenvalue weighted by atomic mass is 16.2. The first-order valence-corrected chi connectivity index (χ1v) is 11.2. The fourth-order valence-electron chi connectivity index (χ4n) is 5.49. The lowest BCUT2D eigenvalue weighted by Crippen LogP contribution is -2.75. The minimum atomic E-state index is -1.33. The molecule has 32 heavy (non-hydrogen) atoms. The fourth-order valence-corrected chi connectivity index (χ4v) is 5.49. The largest absolute Gasteiger partial charge is 0.364 e. The molecule has 4 amide bonds. The van der Waals surface area contributed by atoms with Crippen molar-refractivity contribution < 1.29 is 14.4 Å². The third kappa shape index (κ3) is 3.11. The van der Waals surface area contributed by atoms with E-state index in [0.717, 1.165) is 24.3 Å². The summed E-state index contributed by atoms with van der Waals surface area (Å²) in [5, 5.41) is 2.51. The number of amides is 4. The Kier molecular flexibility index (Phi) is 5.01. The number of para-hydroxylation sites is 1. The number of hydrogen-bond acceptors (Lipinski definition) is 5. The molecule has 2 fully saturated rings. The van der Waals surface area contributed by atoms with E-state index in [0.29, 0.717) is 19.5 Å². The zero-order valence-corrected chi connectivity index (χ0v) is 18.5. The highest BCUT2D eigenvalue weighted by Crippen LogP contribution is 2.46. The second-order valence-corrected chi connectivity index (χ2v) is 9.23. The molecule has 3 aliphatic heterocycles. The number of nitrogens with one attached hydrogen (secondary N) is 1. The summed E-state index contributed by atoms with van der Waals surface area (Å²) in [5.41, 5.74) is 1.92. The van der Waals surface area contributed by atoms with Crippen molar-refractivity contribution in [2.45, 2.75) is 38.9 Å². The van der Waals surface area contributed by atoms with Crippen LogP contribution in [0.3, 0.4) is 0 Å². The normalized spacial score (nSPS) is 25.7. The van der Waals surface area contributed by atoms with Crippen LogP contribution in [0.15, 0.2) is 54.6 Å². The maximum absolute atomic E-state index is 13.9. The molecular weight excluding hydrogens is 404 g/mol. The quantitative estimate of drug-likeness (QED) is 0.754. The Morgan fingerprint density at radius 1 is 1.00 bits per heavy atom. The monoisotopic (exact) mass is 432 g/mol. The summed E-state index contributed by atoms with van der Waals surface area (Å²) in [6.07, 6.45) is 0.296. The van der Waals surface area contributed by atoms with Gasteiger partial charge in [-0.1, -0.05) is 48.5 Å². The van der Waals surface area contributed by atoms with Crippen LogP contribution in [0.5, 0.6) is 0 Å². The zero-order valence-electron chi connectivity index (χ0n) is 18.5. The average molecular weight is 433 g/mol. The number of carbonyl (C=O) groups is 3. The van der Waals surface area contributed by atoms with E-state index in [1.165, 1.54) is 10.5 Å². The lowest BCUT2D eigenvalue weighted by atomic mass is 9.67. The molecule has 2 aromatic carbocycles. The van der Waals surface area contributed by atoms with Crippen LogP contribution in [0.2, 0.25) is 0 Å². The molecule has 3 heterocycles. The van der Waals surface area contributed by atoms with Gasteiger partial charge >= 0.3 is 6.03 Å². The molecule has 2 saturated heterocycles. The number of hydrogen-bond donors (Lipinski definition) is 1. The lowest BCUT2D eigenvalue weighted by molar-refractivity contribution is -0.155. The Bertz CT molecular complexity index is 1070. The van der Waals surface area contributed by atoms with Crippen LogP contribution in [0.4, 0.5) is 10.5 Å². The minimum Gasteiger partial charge on any atom is -0.364 e. The van der Waals surface area contributed by atoms with Gasteiger partial charge in [0.1, 0.15) is 0 Å². The number of carbonyl (C=O) groups excluding carboxylic acids is 3. The summed E-state index contributed by atoms with van der Waals surface area (Å²) in [5.74, 6) is -0.859. The summed E-state index contributed by atoms with van der Waals surface area (Å²) in [6.45, 7) is 6.48. The Morgan fingerprint density at radius 2 is 1.72 bits per heavy atom. The third-order valence-electron chi connectivity index (χ3n) is 7.01. The molecule has 0 saturated carbocycles. The smallest absolute Gasteiger partial charge is 0.331 e. The van der Waals surface area contributed by atoms with Crippen molar-refractivity contribution in [3.8, 4) is 0 Å². The molecule has 1 N–H and O–H groups in total. The average Bonchev–Trinajstić information content (AvgIpc) is 2.78. The van der Waals surface area contributed by atoms with Gasteiger partial charge in [-0.2, -0.15) is 0 Å². The van der Waals surface area contributed by atoms with Crippen molar-refractivity contribution in [3.05, 3.63) is 65.7 Å². The number of piperazine rings is 1. The van der Waals surface area contributed by atoms with Crippen molar-refractivity contribution in [2.24, 2.45) is 5.41 Å². The molecule has 0 aliphatic carbocycles. The molecular formula is C25H28N4O3. The van der Waals surface area contributed by atoms with Gasteiger partial charge in [0.2, 0.25) is 11.8 Å². The van der Waals surface area contributed by atoms with Crippen LogP contribution >= 0.6 is 0 Å². The molecule has 7 nitrogen and oxygen atoms in total. The van der Waals surface area contributed by atoms with Gasteiger partial charge in [-0.25, -0.2) is 4.79 Å². The number of fused-ring (bicyclic) bond motifs is 4. The Hall–Kier alpha value is -3.19. The van der Waals surface area contributed by atoms with E-state index < -0.39 is 17.4 Å². The summed E-state index contributed by atoms with van der Waals surface area (Å²) >= 11 is 0. The SMILES string of the molecule is CC(C)N1C(=O)NC(=O)[C@@]2(Cc3ccccc3N3CCN(Cc4ccccc4)C[C@@H]32)C1=O. The topological polar surface area (TPSA) is 73.0 Å². The first kappa shape index (κ1) is 20.7. The first-order chi connectivity index (χ1) is 15.4. The molecule has 0 unspecified atom stereocenters. The number of urea groups is 1. The second-order valence-electron chi connectivity index (χ2n) is 9.23. The molecule has 5 rings (SSSR count). The summed E-state index contributed by atoms with van der Waals surface area (Å²) in [6, 6.07) is 16.9. The number of rotatable bonds is 3. The van der Waals surface area contributed by atoms with Gasteiger partial charge in [-0.3, -0.25) is 24.7 Å². The molecule has 3 aliphatic rings. The van der Waals surface area contributed by atoms with E-state index in [-0.39, 0.29) is 18.0 Å². The number of anilines is 1. The third-order valence-corrected chi connectivity index (χ3v) is 7.01. The standard InChI is InChI=1S/C25H28N4O3/c1-17(2)29-23(31)25(22(30)26-24(29)32)14-19-10-6-7-11-20(19)28-13-12-27(16-21(25)28)15-18-8-4-3-5-9-18/h3-11,17,21H,12-16H2,1-2H3,(H,26,30,32)/t21-,25+/m1/s1. The minimum absolute atomic E-state index is 0.296.